The van der Waals surface area contributed by atoms with Crippen LogP contribution < -0.4 is 10.6 Å². The maximum atomic E-state index is 13.1. The molecule has 0 heterocycles. The molecular formula is C15H15ClF2N2. The van der Waals surface area contributed by atoms with Crippen LogP contribution in [0.15, 0.2) is 36.4 Å². The number of hydrogen-bond acceptors (Lipinski definition) is 2. The molecule has 0 spiro atoms. The lowest BCUT2D eigenvalue weighted by Crippen LogP contribution is -2.09. The minimum atomic E-state index is -0.630. The highest BCUT2D eigenvalue weighted by Crippen LogP contribution is 2.26. The van der Waals surface area contributed by atoms with Crippen LogP contribution in [0.1, 0.15) is 13.8 Å². The average molecular weight is 297 g/mol. The lowest BCUT2D eigenvalue weighted by atomic mass is 10.2. The molecule has 2 rings (SSSR count). The summed E-state index contributed by atoms with van der Waals surface area (Å²) in [6, 6.07) is 8.84. The fourth-order valence-electron chi connectivity index (χ4n) is 1.87. The predicted molar refractivity (Wildman–Crippen MR) is 79.9 cm³/mol. The molecule has 0 fully saturated rings. The lowest BCUT2D eigenvalue weighted by Gasteiger charge is -2.13. The molecular weight excluding hydrogens is 282 g/mol. The monoisotopic (exact) mass is 296 g/mol. The first kappa shape index (κ1) is 14.6. The average Bonchev–Trinajstić information content (AvgIpc) is 2.24. The third kappa shape index (κ3) is 4.10. The van der Waals surface area contributed by atoms with Crippen LogP contribution in [-0.4, -0.2) is 6.04 Å². The molecule has 0 aliphatic rings. The second kappa shape index (κ2) is 6.09. The van der Waals surface area contributed by atoms with Crippen molar-refractivity contribution in [2.24, 2.45) is 0 Å². The van der Waals surface area contributed by atoms with Crippen molar-refractivity contribution in [2.75, 3.05) is 10.6 Å². The fourth-order valence-corrected chi connectivity index (χ4v) is 2.11. The summed E-state index contributed by atoms with van der Waals surface area (Å²) in [5.74, 6) is -1.26. The Morgan fingerprint density at radius 3 is 2.00 bits per heavy atom. The molecule has 2 aromatic rings. The number of rotatable bonds is 4. The van der Waals surface area contributed by atoms with Crippen LogP contribution in [0.5, 0.6) is 0 Å². The van der Waals surface area contributed by atoms with Crippen LogP contribution in [0.25, 0.3) is 0 Å². The summed E-state index contributed by atoms with van der Waals surface area (Å²) in [4.78, 5) is 0. The minimum absolute atomic E-state index is 0.257. The lowest BCUT2D eigenvalue weighted by molar-refractivity contribution is 0.584. The van der Waals surface area contributed by atoms with Gasteiger partial charge in [0, 0.05) is 34.2 Å². The predicted octanol–water partition coefficient (Wildman–Crippen LogP) is 5.18. The molecule has 0 aliphatic heterocycles. The molecule has 0 saturated carbocycles. The van der Waals surface area contributed by atoms with Gasteiger partial charge in [0.05, 0.1) is 0 Å². The molecule has 5 heteroatoms. The highest BCUT2D eigenvalue weighted by atomic mass is 35.5. The van der Waals surface area contributed by atoms with Gasteiger partial charge in [-0.05, 0) is 44.2 Å². The van der Waals surface area contributed by atoms with Gasteiger partial charge in [-0.25, -0.2) is 8.78 Å². The highest BCUT2D eigenvalue weighted by molar-refractivity contribution is 6.31. The molecule has 2 aromatic carbocycles. The van der Waals surface area contributed by atoms with E-state index in [0.29, 0.717) is 16.4 Å². The largest absolute Gasteiger partial charge is 0.383 e. The van der Waals surface area contributed by atoms with Gasteiger partial charge >= 0.3 is 0 Å². The summed E-state index contributed by atoms with van der Waals surface area (Å²) in [5, 5.41) is 6.69. The molecule has 20 heavy (non-hydrogen) atoms. The van der Waals surface area contributed by atoms with Gasteiger partial charge in [0.25, 0.3) is 0 Å². The maximum absolute atomic E-state index is 13.1. The summed E-state index contributed by atoms with van der Waals surface area (Å²) >= 11 is 6.03. The van der Waals surface area contributed by atoms with E-state index in [1.54, 1.807) is 12.1 Å². The van der Waals surface area contributed by atoms with Gasteiger partial charge < -0.3 is 10.6 Å². The van der Waals surface area contributed by atoms with Crippen LogP contribution in [0, 0.1) is 11.6 Å². The molecule has 0 amide bonds. The second-order valence-corrected chi connectivity index (χ2v) is 5.25. The van der Waals surface area contributed by atoms with Crippen LogP contribution in [0.4, 0.5) is 25.8 Å². The van der Waals surface area contributed by atoms with Crippen molar-refractivity contribution in [2.45, 2.75) is 19.9 Å². The third-order valence-electron chi connectivity index (χ3n) is 2.50. The SMILES string of the molecule is CC(C)Nc1cc(Cl)cc(Nc2cc(F)cc(F)c2)c1. The van der Waals surface area contributed by atoms with E-state index in [2.05, 4.69) is 10.6 Å². The van der Waals surface area contributed by atoms with Crippen molar-refractivity contribution in [3.05, 3.63) is 53.1 Å². The molecule has 0 unspecified atom stereocenters. The van der Waals surface area contributed by atoms with Crippen molar-refractivity contribution in [1.29, 1.82) is 0 Å². The zero-order valence-electron chi connectivity index (χ0n) is 11.2. The van der Waals surface area contributed by atoms with Gasteiger partial charge in [-0.2, -0.15) is 0 Å². The van der Waals surface area contributed by atoms with E-state index in [1.807, 2.05) is 19.9 Å². The highest BCUT2D eigenvalue weighted by Gasteiger charge is 2.04. The quantitative estimate of drug-likeness (QED) is 0.812. The molecule has 2 nitrogen and oxygen atoms in total. The van der Waals surface area contributed by atoms with E-state index >= 15 is 0 Å². The fraction of sp³-hybridized carbons (Fsp3) is 0.200. The van der Waals surface area contributed by atoms with E-state index in [1.165, 1.54) is 12.1 Å². The molecule has 0 atom stereocenters. The van der Waals surface area contributed by atoms with Gasteiger partial charge in [-0.3, -0.25) is 0 Å². The van der Waals surface area contributed by atoms with E-state index in [0.717, 1.165) is 11.8 Å². The first-order valence-corrected chi connectivity index (χ1v) is 6.60. The van der Waals surface area contributed by atoms with Gasteiger partial charge in [-0.1, -0.05) is 11.6 Å². The molecule has 0 aliphatic carbocycles. The minimum Gasteiger partial charge on any atom is -0.383 e. The van der Waals surface area contributed by atoms with Gasteiger partial charge in [0.15, 0.2) is 0 Å². The van der Waals surface area contributed by atoms with E-state index in [9.17, 15) is 8.78 Å². The molecule has 0 saturated heterocycles. The van der Waals surface area contributed by atoms with Crippen molar-refractivity contribution in [1.82, 2.24) is 0 Å². The zero-order valence-corrected chi connectivity index (χ0v) is 11.9. The Balaban J connectivity index is 2.26. The Kier molecular flexibility index (Phi) is 4.45. The van der Waals surface area contributed by atoms with Crippen LogP contribution in [-0.2, 0) is 0 Å². The Bertz CT molecular complexity index is 595. The van der Waals surface area contributed by atoms with E-state index in [-0.39, 0.29) is 6.04 Å². The van der Waals surface area contributed by atoms with E-state index in [4.69, 9.17) is 11.6 Å². The van der Waals surface area contributed by atoms with E-state index < -0.39 is 11.6 Å². The van der Waals surface area contributed by atoms with Crippen LogP contribution in [0.2, 0.25) is 5.02 Å². The standard InChI is InChI=1S/C15H15ClF2N2/c1-9(2)19-13-3-10(16)4-14(8-13)20-15-6-11(17)5-12(18)7-15/h3-9,19-20H,1-2H3. The van der Waals surface area contributed by atoms with Crippen LogP contribution in [0.3, 0.4) is 0 Å². The summed E-state index contributed by atoms with van der Waals surface area (Å²) in [6.45, 7) is 4.02. The Morgan fingerprint density at radius 2 is 1.40 bits per heavy atom. The first-order valence-electron chi connectivity index (χ1n) is 6.22. The van der Waals surface area contributed by atoms with Gasteiger partial charge in [0.1, 0.15) is 11.6 Å². The maximum Gasteiger partial charge on any atom is 0.128 e. The molecule has 106 valence electrons. The second-order valence-electron chi connectivity index (χ2n) is 4.81. The number of hydrogen-bond donors (Lipinski definition) is 2. The normalized spacial score (nSPS) is 10.7. The third-order valence-corrected chi connectivity index (χ3v) is 2.72. The van der Waals surface area contributed by atoms with Gasteiger partial charge in [0.2, 0.25) is 0 Å². The molecule has 0 bridgehead atoms. The number of halogens is 3. The Labute approximate surface area is 121 Å². The summed E-state index contributed by atoms with van der Waals surface area (Å²) in [5.41, 5.74) is 1.83. The zero-order chi connectivity index (χ0) is 14.7. The van der Waals surface area contributed by atoms with Crippen molar-refractivity contribution in [3.8, 4) is 0 Å². The van der Waals surface area contributed by atoms with Crippen molar-refractivity contribution >= 4 is 28.7 Å². The summed E-state index contributed by atoms with van der Waals surface area (Å²) in [6.07, 6.45) is 0. The summed E-state index contributed by atoms with van der Waals surface area (Å²) in [7, 11) is 0. The topological polar surface area (TPSA) is 24.1 Å². The molecule has 0 radical (unpaired) electrons. The number of anilines is 3. The molecule has 2 N–H and O–H groups in total. The summed E-state index contributed by atoms with van der Waals surface area (Å²) < 4.78 is 26.3. The van der Waals surface area contributed by atoms with Crippen molar-refractivity contribution in [3.63, 3.8) is 0 Å². The number of nitrogens with one attached hydrogen (secondary N) is 2. The molecule has 0 aromatic heterocycles. The number of benzene rings is 2. The smallest absolute Gasteiger partial charge is 0.128 e. The first-order chi connectivity index (χ1) is 9.42. The van der Waals surface area contributed by atoms with Crippen LogP contribution >= 0.6 is 11.6 Å². The Hall–Kier alpha value is -1.81. The Morgan fingerprint density at radius 1 is 0.850 bits per heavy atom. The van der Waals surface area contributed by atoms with Gasteiger partial charge in [-0.15, -0.1) is 0 Å². The van der Waals surface area contributed by atoms with Crippen molar-refractivity contribution < 1.29 is 8.78 Å².